The van der Waals surface area contributed by atoms with Crippen LogP contribution in [0.1, 0.15) is 11.6 Å². The van der Waals surface area contributed by atoms with Crippen LogP contribution in [0.2, 0.25) is 0 Å². The van der Waals surface area contributed by atoms with Crippen molar-refractivity contribution in [2.24, 2.45) is 0 Å². The van der Waals surface area contributed by atoms with Gasteiger partial charge in [-0.15, -0.1) is 0 Å². The molecular formula is C21H28N3O3S+. The molecule has 1 fully saturated rings. The van der Waals surface area contributed by atoms with Gasteiger partial charge in [0.15, 0.2) is 5.11 Å². The molecule has 0 saturated carbocycles. The Kier molecular flexibility index (Phi) is 7.47. The first-order valence-corrected chi connectivity index (χ1v) is 9.85. The van der Waals surface area contributed by atoms with E-state index in [1.165, 1.54) is 10.5 Å². The number of rotatable bonds is 7. The predicted octanol–water partition coefficient (Wildman–Crippen LogP) is 1.65. The number of thiocarbonyl (C=S) groups is 1. The molecule has 1 saturated heterocycles. The van der Waals surface area contributed by atoms with Crippen molar-refractivity contribution in [3.05, 3.63) is 54.1 Å². The summed E-state index contributed by atoms with van der Waals surface area (Å²) in [7, 11) is 3.34. The van der Waals surface area contributed by atoms with Crippen LogP contribution in [-0.4, -0.2) is 52.2 Å². The van der Waals surface area contributed by atoms with Crippen LogP contribution in [-0.2, 0) is 4.74 Å². The van der Waals surface area contributed by atoms with Gasteiger partial charge in [0, 0.05) is 11.3 Å². The lowest BCUT2D eigenvalue weighted by molar-refractivity contribution is -0.937. The number of ether oxygens (including phenoxy) is 3. The van der Waals surface area contributed by atoms with E-state index in [-0.39, 0.29) is 6.04 Å². The third kappa shape index (κ3) is 5.58. The Morgan fingerprint density at radius 3 is 2.14 bits per heavy atom. The molecule has 0 spiro atoms. The summed E-state index contributed by atoms with van der Waals surface area (Å²) in [6.07, 6.45) is 0. The molecule has 0 aliphatic carbocycles. The second-order valence-electron chi connectivity index (χ2n) is 6.66. The summed E-state index contributed by atoms with van der Waals surface area (Å²) >= 11 is 5.50. The normalized spacial score (nSPS) is 15.5. The Hall–Kier alpha value is -2.35. The van der Waals surface area contributed by atoms with Gasteiger partial charge in [0.1, 0.15) is 30.6 Å². The Morgan fingerprint density at radius 1 is 1.00 bits per heavy atom. The molecule has 0 unspecified atom stereocenters. The Balaban J connectivity index is 1.63. The lowest BCUT2D eigenvalue weighted by Gasteiger charge is -2.32. The molecule has 0 radical (unpaired) electrons. The minimum absolute atomic E-state index is 0.283. The zero-order chi connectivity index (χ0) is 19.8. The van der Waals surface area contributed by atoms with Crippen LogP contribution in [0.5, 0.6) is 11.5 Å². The topological polar surface area (TPSA) is 56.2 Å². The summed E-state index contributed by atoms with van der Waals surface area (Å²) < 4.78 is 16.0. The largest absolute Gasteiger partial charge is 0.497 e. The Labute approximate surface area is 171 Å². The maximum absolute atomic E-state index is 5.54. The first-order chi connectivity index (χ1) is 13.7. The van der Waals surface area contributed by atoms with E-state index >= 15 is 0 Å². The first kappa shape index (κ1) is 20.4. The number of benzene rings is 2. The second-order valence-corrected chi connectivity index (χ2v) is 7.07. The van der Waals surface area contributed by atoms with Crippen LogP contribution < -0.4 is 25.0 Å². The highest BCUT2D eigenvalue weighted by Gasteiger charge is 2.26. The molecule has 3 rings (SSSR count). The van der Waals surface area contributed by atoms with Crippen LogP contribution in [0.15, 0.2) is 48.5 Å². The SMILES string of the molecule is COc1ccc(NC(=S)NC[C@@H](c2ccc(OC)cc2)[NH+]2CCOCC2)cc1. The predicted molar refractivity (Wildman–Crippen MR) is 114 cm³/mol. The minimum Gasteiger partial charge on any atom is -0.497 e. The zero-order valence-electron chi connectivity index (χ0n) is 16.4. The molecule has 0 aromatic heterocycles. The highest BCUT2D eigenvalue weighted by atomic mass is 32.1. The molecule has 3 N–H and O–H groups in total. The van der Waals surface area contributed by atoms with Crippen LogP contribution in [0.4, 0.5) is 5.69 Å². The molecule has 2 aromatic rings. The maximum Gasteiger partial charge on any atom is 0.171 e. The van der Waals surface area contributed by atoms with E-state index in [2.05, 4.69) is 22.8 Å². The average Bonchev–Trinajstić information content (AvgIpc) is 2.75. The standard InChI is InChI=1S/C21H27N3O3S/c1-25-18-7-3-16(4-8-18)20(24-11-13-27-14-12-24)15-22-21(28)23-17-5-9-19(26-2)10-6-17/h3-10,20H,11-15H2,1-2H3,(H2,22,23,28)/p+1/t20-/m0/s1. The van der Waals surface area contributed by atoms with Crippen molar-refractivity contribution in [1.29, 1.82) is 0 Å². The molecule has 1 aliphatic heterocycles. The van der Waals surface area contributed by atoms with E-state index in [4.69, 9.17) is 26.4 Å². The first-order valence-electron chi connectivity index (χ1n) is 9.45. The van der Waals surface area contributed by atoms with Crippen LogP contribution in [0.25, 0.3) is 0 Å². The van der Waals surface area contributed by atoms with E-state index in [0.717, 1.165) is 50.0 Å². The van der Waals surface area contributed by atoms with Gasteiger partial charge in [-0.1, -0.05) is 0 Å². The molecule has 1 heterocycles. The summed E-state index contributed by atoms with van der Waals surface area (Å²) in [6.45, 7) is 4.28. The minimum atomic E-state index is 0.283. The van der Waals surface area contributed by atoms with E-state index < -0.39 is 0 Å². The fourth-order valence-corrected chi connectivity index (χ4v) is 3.56. The molecule has 150 valence electrons. The van der Waals surface area contributed by atoms with E-state index in [0.29, 0.717) is 5.11 Å². The van der Waals surface area contributed by atoms with Gasteiger partial charge in [0.2, 0.25) is 0 Å². The van der Waals surface area contributed by atoms with Gasteiger partial charge in [-0.3, -0.25) is 0 Å². The monoisotopic (exact) mass is 402 g/mol. The van der Waals surface area contributed by atoms with Crippen molar-refractivity contribution >= 4 is 23.0 Å². The number of anilines is 1. The summed E-state index contributed by atoms with van der Waals surface area (Å²) in [6, 6.07) is 16.3. The van der Waals surface area contributed by atoms with Crippen LogP contribution in [0, 0.1) is 0 Å². The Morgan fingerprint density at radius 2 is 1.57 bits per heavy atom. The second kappa shape index (κ2) is 10.3. The summed E-state index contributed by atoms with van der Waals surface area (Å²) in [5, 5.41) is 7.22. The number of morpholine rings is 1. The highest BCUT2D eigenvalue weighted by Crippen LogP contribution is 2.17. The lowest BCUT2D eigenvalue weighted by Crippen LogP contribution is -3.15. The van der Waals surface area contributed by atoms with Gasteiger partial charge in [0.05, 0.1) is 34.0 Å². The molecule has 7 heteroatoms. The summed E-state index contributed by atoms with van der Waals surface area (Å²) in [5.41, 5.74) is 2.19. The molecule has 0 amide bonds. The zero-order valence-corrected chi connectivity index (χ0v) is 17.2. The molecule has 1 atom stereocenters. The van der Waals surface area contributed by atoms with Crippen molar-refractivity contribution < 1.29 is 19.1 Å². The highest BCUT2D eigenvalue weighted by molar-refractivity contribution is 7.80. The lowest BCUT2D eigenvalue weighted by atomic mass is 10.0. The third-order valence-corrected chi connectivity index (χ3v) is 5.21. The summed E-state index contributed by atoms with van der Waals surface area (Å²) in [5.74, 6) is 1.68. The number of quaternary nitrogens is 1. The van der Waals surface area contributed by atoms with Gasteiger partial charge in [0.25, 0.3) is 0 Å². The van der Waals surface area contributed by atoms with E-state index in [9.17, 15) is 0 Å². The third-order valence-electron chi connectivity index (χ3n) is 4.96. The van der Waals surface area contributed by atoms with Gasteiger partial charge in [-0.25, -0.2) is 0 Å². The Bertz CT molecular complexity index is 746. The quantitative estimate of drug-likeness (QED) is 0.613. The van der Waals surface area contributed by atoms with Gasteiger partial charge in [-0.05, 0) is 60.7 Å². The van der Waals surface area contributed by atoms with Gasteiger partial charge < -0.3 is 29.7 Å². The van der Waals surface area contributed by atoms with Crippen molar-refractivity contribution in [3.8, 4) is 11.5 Å². The van der Waals surface area contributed by atoms with Gasteiger partial charge in [-0.2, -0.15) is 0 Å². The van der Waals surface area contributed by atoms with Crippen molar-refractivity contribution in [3.63, 3.8) is 0 Å². The van der Waals surface area contributed by atoms with Crippen molar-refractivity contribution in [2.75, 3.05) is 52.4 Å². The fraction of sp³-hybridized carbons (Fsp3) is 0.381. The van der Waals surface area contributed by atoms with Gasteiger partial charge >= 0.3 is 0 Å². The van der Waals surface area contributed by atoms with Crippen molar-refractivity contribution in [1.82, 2.24) is 5.32 Å². The molecule has 28 heavy (non-hydrogen) atoms. The fourth-order valence-electron chi connectivity index (χ4n) is 3.36. The van der Waals surface area contributed by atoms with E-state index in [1.54, 1.807) is 14.2 Å². The average molecular weight is 403 g/mol. The molecule has 2 aromatic carbocycles. The molecule has 1 aliphatic rings. The maximum atomic E-state index is 5.54. The molecular weight excluding hydrogens is 374 g/mol. The van der Waals surface area contributed by atoms with E-state index in [1.807, 2.05) is 36.4 Å². The number of hydrogen-bond acceptors (Lipinski definition) is 4. The number of nitrogens with one attached hydrogen (secondary N) is 3. The molecule has 0 bridgehead atoms. The number of hydrogen-bond donors (Lipinski definition) is 3. The van der Waals surface area contributed by atoms with Crippen molar-refractivity contribution in [2.45, 2.75) is 6.04 Å². The molecule has 6 nitrogen and oxygen atoms in total. The smallest absolute Gasteiger partial charge is 0.171 e. The summed E-state index contributed by atoms with van der Waals surface area (Å²) in [4.78, 5) is 1.50. The number of methoxy groups -OCH3 is 2. The van der Waals surface area contributed by atoms with Crippen LogP contribution >= 0.6 is 12.2 Å². The van der Waals surface area contributed by atoms with Crippen LogP contribution in [0.3, 0.4) is 0 Å².